The molecule has 0 bridgehead atoms. The number of carbonyl (C=O) groups is 1. The zero-order valence-corrected chi connectivity index (χ0v) is 15.6. The Hall–Kier alpha value is -2.54. The smallest absolute Gasteiger partial charge is 0.545 e. The van der Waals surface area contributed by atoms with Gasteiger partial charge in [0, 0.05) is 16.8 Å². The molecule has 0 radical (unpaired) electrons. The van der Waals surface area contributed by atoms with E-state index in [4.69, 9.17) is 11.5 Å². The molecule has 0 aliphatic heterocycles. The second-order valence-corrected chi connectivity index (χ2v) is 5.25. The Balaban J connectivity index is 0.00000225. The van der Waals surface area contributed by atoms with Crippen LogP contribution in [-0.2, 0) is 0 Å². The van der Waals surface area contributed by atoms with Crippen molar-refractivity contribution in [1.29, 1.82) is 0 Å². The molecule has 1 aromatic heterocycles. The monoisotopic (exact) mass is 343 g/mol. The van der Waals surface area contributed by atoms with Crippen LogP contribution >= 0.6 is 0 Å². The van der Waals surface area contributed by atoms with Gasteiger partial charge in [-0.1, -0.05) is 24.3 Å². The van der Waals surface area contributed by atoms with Crippen LogP contribution in [0.5, 0.6) is 5.75 Å². The number of carboxylic acid groups (broad SMARTS) is 1. The number of phenolic OH excluding ortho intramolecular Hbond substituents is 1. The summed E-state index contributed by atoms with van der Waals surface area (Å²) in [5.41, 5.74) is 13.6. The summed E-state index contributed by atoms with van der Waals surface area (Å²) in [5.74, 6) is -1.60. The van der Waals surface area contributed by atoms with E-state index in [9.17, 15) is 15.0 Å². The van der Waals surface area contributed by atoms with Gasteiger partial charge in [0.05, 0.1) is 11.7 Å². The number of nitrogen functional groups attached to an aromatic ring is 2. The molecule has 2 aromatic carbocycles. The summed E-state index contributed by atoms with van der Waals surface area (Å²) in [5, 5.41) is 21.5. The van der Waals surface area contributed by atoms with Crippen LogP contribution in [0.1, 0.15) is 10.4 Å². The van der Waals surface area contributed by atoms with E-state index in [0.717, 1.165) is 0 Å². The molecule has 5 N–H and O–H groups in total. The van der Waals surface area contributed by atoms with E-state index in [0.29, 0.717) is 28.1 Å². The van der Waals surface area contributed by atoms with Crippen molar-refractivity contribution in [3.05, 3.63) is 60.2 Å². The van der Waals surface area contributed by atoms with Gasteiger partial charge in [0.1, 0.15) is 11.6 Å². The van der Waals surface area contributed by atoms with Crippen molar-refractivity contribution in [3.63, 3.8) is 0 Å². The largest absolute Gasteiger partial charge is 1.00 e. The Labute approximate surface area is 166 Å². The van der Waals surface area contributed by atoms with Crippen molar-refractivity contribution in [2.75, 3.05) is 11.5 Å². The van der Waals surface area contributed by atoms with Crippen LogP contribution < -0.4 is 46.1 Å². The number of phenols is 1. The summed E-state index contributed by atoms with van der Waals surface area (Å²) in [7, 11) is 0. The number of nitrogens with zero attached hydrogens (tertiary/aromatic N) is 1. The first-order chi connectivity index (χ1) is 11.5. The number of anilines is 2. The third-order valence-electron chi connectivity index (χ3n) is 3.63. The summed E-state index contributed by atoms with van der Waals surface area (Å²) in [4.78, 5) is 15.6. The molecule has 0 aliphatic rings. The minimum Gasteiger partial charge on any atom is -0.545 e. The molecule has 1 heterocycles. The molecule has 25 heavy (non-hydrogen) atoms. The molecule has 0 fully saturated rings. The van der Waals surface area contributed by atoms with Crippen LogP contribution in [0.2, 0.25) is 0 Å². The van der Waals surface area contributed by atoms with Gasteiger partial charge < -0.3 is 26.5 Å². The molecule has 0 spiro atoms. The van der Waals surface area contributed by atoms with Gasteiger partial charge in [-0.25, -0.2) is 4.98 Å². The summed E-state index contributed by atoms with van der Waals surface area (Å²) in [6.07, 6.45) is 0. The molecule has 0 atom stereocenters. The topological polar surface area (TPSA) is 125 Å². The molecule has 6 nitrogen and oxygen atoms in total. The summed E-state index contributed by atoms with van der Waals surface area (Å²) in [6, 6.07) is 14.9. The molecule has 0 unspecified atom stereocenters. The zero-order chi connectivity index (χ0) is 17.3. The number of hydrogen-bond donors (Lipinski definition) is 3. The second-order valence-electron chi connectivity index (χ2n) is 5.25. The maximum Gasteiger partial charge on any atom is 1.00 e. The van der Waals surface area contributed by atoms with Crippen molar-refractivity contribution in [2.45, 2.75) is 0 Å². The minimum absolute atomic E-state index is 0. The number of nitrogens with two attached hydrogens (primary N) is 2. The number of benzene rings is 2. The Bertz CT molecular complexity index is 945. The first kappa shape index (κ1) is 18.8. The zero-order valence-electron chi connectivity index (χ0n) is 13.6. The molecular formula is C18H14N3NaO3. The van der Waals surface area contributed by atoms with Crippen molar-refractivity contribution in [2.24, 2.45) is 0 Å². The number of aromatic nitrogens is 1. The maximum absolute atomic E-state index is 11.5. The average molecular weight is 343 g/mol. The molecule has 3 aromatic rings. The van der Waals surface area contributed by atoms with Crippen LogP contribution in [0.25, 0.3) is 22.4 Å². The summed E-state index contributed by atoms with van der Waals surface area (Å²) >= 11 is 0. The third kappa shape index (κ3) is 3.76. The number of para-hydroxylation sites is 1. The van der Waals surface area contributed by atoms with E-state index in [1.165, 1.54) is 6.07 Å². The van der Waals surface area contributed by atoms with E-state index in [1.54, 1.807) is 48.5 Å². The Kier molecular flexibility index (Phi) is 5.69. The maximum atomic E-state index is 11.5. The van der Waals surface area contributed by atoms with Gasteiger partial charge in [0.15, 0.2) is 0 Å². The van der Waals surface area contributed by atoms with E-state index in [1.807, 2.05) is 0 Å². The second kappa shape index (κ2) is 7.57. The van der Waals surface area contributed by atoms with Gasteiger partial charge in [0.25, 0.3) is 0 Å². The normalized spacial score (nSPS) is 10.1. The first-order valence-corrected chi connectivity index (χ1v) is 7.13. The SMILES string of the molecule is Nc1cccc(-c2cc(-c3ccccc3O)nc(N)c2C(=O)[O-])c1.[Na+]. The van der Waals surface area contributed by atoms with Gasteiger partial charge in [-0.15, -0.1) is 0 Å². The fraction of sp³-hybridized carbons (Fsp3) is 0. The van der Waals surface area contributed by atoms with Crippen molar-refractivity contribution >= 4 is 17.5 Å². The number of carbonyl (C=O) groups excluding carboxylic acids is 1. The van der Waals surface area contributed by atoms with Gasteiger partial charge in [-0.05, 0) is 41.5 Å². The van der Waals surface area contributed by atoms with Crippen LogP contribution in [-0.4, -0.2) is 16.1 Å². The van der Waals surface area contributed by atoms with Gasteiger partial charge in [-0.2, -0.15) is 0 Å². The first-order valence-electron chi connectivity index (χ1n) is 7.13. The molecular weight excluding hydrogens is 329 g/mol. The average Bonchev–Trinajstić information content (AvgIpc) is 2.54. The number of pyridine rings is 1. The molecule has 0 aliphatic carbocycles. The molecule has 0 amide bonds. The fourth-order valence-electron chi connectivity index (χ4n) is 2.54. The molecule has 120 valence electrons. The molecule has 0 saturated heterocycles. The number of aromatic carboxylic acids is 1. The Morgan fingerprint density at radius 2 is 1.72 bits per heavy atom. The van der Waals surface area contributed by atoms with Crippen LogP contribution in [0.4, 0.5) is 11.5 Å². The Morgan fingerprint density at radius 3 is 2.36 bits per heavy atom. The van der Waals surface area contributed by atoms with E-state index < -0.39 is 5.97 Å². The number of hydrogen-bond acceptors (Lipinski definition) is 6. The minimum atomic E-state index is -1.43. The van der Waals surface area contributed by atoms with Gasteiger partial charge >= 0.3 is 29.6 Å². The predicted molar refractivity (Wildman–Crippen MR) is 89.9 cm³/mol. The van der Waals surface area contributed by atoms with Gasteiger partial charge in [0.2, 0.25) is 0 Å². The number of rotatable bonds is 3. The standard InChI is InChI=1S/C18H15N3O3.Na/c19-11-5-3-4-10(8-11)13-9-14(12-6-1-2-7-15(12)22)21-17(20)16(13)18(23)24;/h1-9,22H,19H2,(H2,20,21)(H,23,24);/q;+1/p-1. The molecule has 0 saturated carbocycles. The molecule has 7 heteroatoms. The van der Waals surface area contributed by atoms with Crippen molar-refractivity contribution in [3.8, 4) is 28.1 Å². The fourth-order valence-corrected chi connectivity index (χ4v) is 2.54. The van der Waals surface area contributed by atoms with Gasteiger partial charge in [-0.3, -0.25) is 0 Å². The summed E-state index contributed by atoms with van der Waals surface area (Å²) < 4.78 is 0. The van der Waals surface area contributed by atoms with Crippen molar-refractivity contribution < 1.29 is 44.6 Å². The number of carboxylic acids is 1. The van der Waals surface area contributed by atoms with E-state index in [2.05, 4.69) is 4.98 Å². The summed E-state index contributed by atoms with van der Waals surface area (Å²) in [6.45, 7) is 0. The molecule has 3 rings (SSSR count). The third-order valence-corrected chi connectivity index (χ3v) is 3.63. The predicted octanol–water partition coefficient (Wildman–Crippen LogP) is -1.35. The van der Waals surface area contributed by atoms with E-state index >= 15 is 0 Å². The quantitative estimate of drug-likeness (QED) is 0.399. The number of aromatic hydroxyl groups is 1. The van der Waals surface area contributed by atoms with Crippen molar-refractivity contribution in [1.82, 2.24) is 4.98 Å². The Morgan fingerprint density at radius 1 is 1.00 bits per heavy atom. The van der Waals surface area contributed by atoms with E-state index in [-0.39, 0.29) is 46.7 Å². The van der Waals surface area contributed by atoms with Crippen LogP contribution in [0.3, 0.4) is 0 Å². The van der Waals surface area contributed by atoms with Crippen LogP contribution in [0.15, 0.2) is 54.6 Å². The van der Waals surface area contributed by atoms with Crippen LogP contribution in [0, 0.1) is 0 Å².